The van der Waals surface area contributed by atoms with Crippen molar-refractivity contribution >= 4 is 29.2 Å². The van der Waals surface area contributed by atoms with E-state index in [-0.39, 0.29) is 17.9 Å². The molecule has 160 valence electrons. The summed E-state index contributed by atoms with van der Waals surface area (Å²) in [6.07, 6.45) is 0. The van der Waals surface area contributed by atoms with Crippen molar-refractivity contribution in [2.24, 2.45) is 0 Å². The van der Waals surface area contributed by atoms with Crippen LogP contribution in [0, 0.1) is 5.82 Å². The van der Waals surface area contributed by atoms with Crippen LogP contribution < -0.4 is 14.8 Å². The number of nitrogens with one attached hydrogen (secondary N) is 1. The van der Waals surface area contributed by atoms with Crippen LogP contribution >= 0.6 is 11.6 Å². The molecule has 0 atom stereocenters. The lowest BCUT2D eigenvalue weighted by Gasteiger charge is -2.12. The van der Waals surface area contributed by atoms with Crippen molar-refractivity contribution in [1.29, 1.82) is 0 Å². The number of halogens is 2. The van der Waals surface area contributed by atoms with Gasteiger partial charge in [-0.05, 0) is 48.0 Å². The molecule has 1 N–H and O–H groups in total. The first-order valence-electron chi connectivity index (χ1n) is 9.23. The number of hydrogen-bond acceptors (Lipinski definition) is 5. The Bertz CT molecular complexity index is 1070. The number of hydrogen-bond donors (Lipinski definition) is 1. The van der Waals surface area contributed by atoms with E-state index in [2.05, 4.69) is 5.32 Å². The zero-order valence-corrected chi connectivity index (χ0v) is 17.3. The zero-order valence-electron chi connectivity index (χ0n) is 16.6. The van der Waals surface area contributed by atoms with E-state index in [1.54, 1.807) is 24.3 Å². The molecule has 6 nitrogen and oxygen atoms in total. The normalized spacial score (nSPS) is 10.3. The van der Waals surface area contributed by atoms with Gasteiger partial charge < -0.3 is 19.5 Å². The third-order valence-corrected chi connectivity index (χ3v) is 4.44. The molecule has 1 amide bonds. The van der Waals surface area contributed by atoms with Crippen molar-refractivity contribution in [3.8, 4) is 11.5 Å². The Morgan fingerprint density at radius 2 is 1.74 bits per heavy atom. The first-order valence-corrected chi connectivity index (χ1v) is 9.61. The smallest absolute Gasteiger partial charge is 0.338 e. The number of esters is 1. The Morgan fingerprint density at radius 1 is 1.00 bits per heavy atom. The van der Waals surface area contributed by atoms with Gasteiger partial charge in [0.25, 0.3) is 5.91 Å². The largest absolute Gasteiger partial charge is 0.493 e. The quantitative estimate of drug-likeness (QED) is 0.503. The molecular weight excluding hydrogens is 425 g/mol. The van der Waals surface area contributed by atoms with Crippen molar-refractivity contribution in [1.82, 2.24) is 0 Å². The molecule has 0 saturated carbocycles. The van der Waals surface area contributed by atoms with Gasteiger partial charge in [-0.25, -0.2) is 9.18 Å². The number of rotatable bonds is 8. The average Bonchev–Trinajstić information content (AvgIpc) is 2.78. The van der Waals surface area contributed by atoms with E-state index in [1.165, 1.54) is 37.4 Å². The number of carbonyl (C=O) groups is 2. The Labute approximate surface area is 183 Å². The molecule has 0 heterocycles. The van der Waals surface area contributed by atoms with Crippen LogP contribution in [0.1, 0.15) is 15.9 Å². The molecular formula is C23H19ClFNO5. The van der Waals surface area contributed by atoms with E-state index in [0.29, 0.717) is 16.5 Å². The highest BCUT2D eigenvalue weighted by Gasteiger charge is 2.15. The minimum atomic E-state index is -0.730. The number of methoxy groups -OCH3 is 1. The number of amides is 1. The van der Waals surface area contributed by atoms with E-state index in [0.717, 1.165) is 5.56 Å². The Balaban J connectivity index is 1.57. The summed E-state index contributed by atoms with van der Waals surface area (Å²) in [7, 11) is 1.45. The topological polar surface area (TPSA) is 73.9 Å². The first-order chi connectivity index (χ1) is 15.0. The molecule has 3 rings (SSSR count). The molecule has 8 heteroatoms. The fourth-order valence-electron chi connectivity index (χ4n) is 2.62. The van der Waals surface area contributed by atoms with Gasteiger partial charge in [-0.15, -0.1) is 0 Å². The summed E-state index contributed by atoms with van der Waals surface area (Å²) in [5.74, 6) is -1.20. The third-order valence-electron chi connectivity index (χ3n) is 4.19. The van der Waals surface area contributed by atoms with Crippen LogP contribution in [0.25, 0.3) is 0 Å². The minimum absolute atomic E-state index is 0.00686. The van der Waals surface area contributed by atoms with Gasteiger partial charge in [0, 0.05) is 5.02 Å². The lowest BCUT2D eigenvalue weighted by molar-refractivity contribution is -0.119. The summed E-state index contributed by atoms with van der Waals surface area (Å²) in [5, 5.41) is 2.97. The molecule has 0 saturated heterocycles. The molecule has 3 aromatic rings. The number of para-hydroxylation sites is 1. The monoisotopic (exact) mass is 443 g/mol. The molecule has 0 unspecified atom stereocenters. The molecule has 0 fully saturated rings. The highest BCUT2D eigenvalue weighted by molar-refractivity contribution is 6.30. The standard InChI is InChI=1S/C23H19ClFNO5/c1-29-21-12-16(8-11-20(21)30-13-15-6-9-17(24)10-7-15)23(28)31-14-22(27)26-19-5-3-2-4-18(19)25/h2-12H,13-14H2,1H3,(H,26,27). The van der Waals surface area contributed by atoms with Gasteiger partial charge >= 0.3 is 5.97 Å². The fraction of sp³-hybridized carbons (Fsp3) is 0.130. The molecule has 0 aliphatic heterocycles. The molecule has 0 radical (unpaired) electrons. The van der Waals surface area contributed by atoms with Crippen LogP contribution in [0.4, 0.5) is 10.1 Å². The SMILES string of the molecule is COc1cc(C(=O)OCC(=O)Nc2ccccc2F)ccc1OCc1ccc(Cl)cc1. The average molecular weight is 444 g/mol. The Hall–Kier alpha value is -3.58. The predicted molar refractivity (Wildman–Crippen MR) is 114 cm³/mol. The number of carbonyl (C=O) groups excluding carboxylic acids is 2. The molecule has 31 heavy (non-hydrogen) atoms. The summed E-state index contributed by atoms with van der Waals surface area (Å²) in [4.78, 5) is 24.2. The lowest BCUT2D eigenvalue weighted by Crippen LogP contribution is -2.21. The maximum atomic E-state index is 13.6. The van der Waals surface area contributed by atoms with Crippen molar-refractivity contribution < 1.29 is 28.2 Å². The van der Waals surface area contributed by atoms with Gasteiger partial charge in [0.05, 0.1) is 18.4 Å². The van der Waals surface area contributed by atoms with Crippen molar-refractivity contribution in [2.45, 2.75) is 6.61 Å². The molecule has 0 aliphatic carbocycles. The third kappa shape index (κ3) is 6.20. The minimum Gasteiger partial charge on any atom is -0.493 e. The van der Waals surface area contributed by atoms with Crippen LogP contribution in [0.15, 0.2) is 66.7 Å². The summed E-state index contributed by atoms with van der Waals surface area (Å²) in [6, 6.07) is 17.4. The molecule has 0 spiro atoms. The van der Waals surface area contributed by atoms with Gasteiger partial charge in [-0.3, -0.25) is 4.79 Å². The maximum absolute atomic E-state index is 13.6. The predicted octanol–water partition coefficient (Wildman–Crippen LogP) is 4.86. The summed E-state index contributed by atoms with van der Waals surface area (Å²) >= 11 is 5.87. The van der Waals surface area contributed by atoms with Crippen LogP contribution in [0.5, 0.6) is 11.5 Å². The van der Waals surface area contributed by atoms with E-state index >= 15 is 0 Å². The molecule has 0 aliphatic rings. The van der Waals surface area contributed by atoms with E-state index in [9.17, 15) is 14.0 Å². The zero-order chi connectivity index (χ0) is 22.2. The second kappa shape index (κ2) is 10.4. The van der Waals surface area contributed by atoms with Gasteiger partial charge in [0.2, 0.25) is 0 Å². The van der Waals surface area contributed by atoms with Crippen molar-refractivity contribution in [3.05, 3.63) is 88.7 Å². The van der Waals surface area contributed by atoms with Crippen LogP contribution in [0.2, 0.25) is 5.02 Å². The summed E-state index contributed by atoms with van der Waals surface area (Å²) < 4.78 is 29.6. The first kappa shape index (κ1) is 22.1. The van der Waals surface area contributed by atoms with Crippen LogP contribution in [0.3, 0.4) is 0 Å². The highest BCUT2D eigenvalue weighted by atomic mass is 35.5. The Kier molecular flexibility index (Phi) is 7.45. The van der Waals surface area contributed by atoms with E-state index < -0.39 is 24.3 Å². The van der Waals surface area contributed by atoms with Gasteiger partial charge in [0.15, 0.2) is 18.1 Å². The van der Waals surface area contributed by atoms with Crippen LogP contribution in [-0.4, -0.2) is 25.6 Å². The van der Waals surface area contributed by atoms with E-state index in [4.69, 9.17) is 25.8 Å². The maximum Gasteiger partial charge on any atom is 0.338 e. The number of benzene rings is 3. The van der Waals surface area contributed by atoms with Gasteiger partial charge in [-0.1, -0.05) is 35.9 Å². The van der Waals surface area contributed by atoms with Crippen molar-refractivity contribution in [3.63, 3.8) is 0 Å². The second-order valence-electron chi connectivity index (χ2n) is 6.38. The summed E-state index contributed by atoms with van der Waals surface area (Å²) in [6.45, 7) is -0.280. The molecule has 0 aromatic heterocycles. The van der Waals surface area contributed by atoms with Gasteiger partial charge in [-0.2, -0.15) is 0 Å². The Morgan fingerprint density at radius 3 is 2.45 bits per heavy atom. The second-order valence-corrected chi connectivity index (χ2v) is 6.82. The molecule has 0 bridgehead atoms. The highest BCUT2D eigenvalue weighted by Crippen LogP contribution is 2.29. The number of anilines is 1. The van der Waals surface area contributed by atoms with E-state index in [1.807, 2.05) is 12.1 Å². The van der Waals surface area contributed by atoms with Crippen molar-refractivity contribution in [2.75, 3.05) is 19.0 Å². The fourth-order valence-corrected chi connectivity index (χ4v) is 2.74. The number of ether oxygens (including phenoxy) is 3. The summed E-state index contributed by atoms with van der Waals surface area (Å²) in [5.41, 5.74) is 1.09. The van der Waals surface area contributed by atoms with Crippen LogP contribution in [-0.2, 0) is 16.1 Å². The molecule has 3 aromatic carbocycles. The lowest BCUT2D eigenvalue weighted by atomic mass is 10.2. The van der Waals surface area contributed by atoms with Gasteiger partial charge in [0.1, 0.15) is 12.4 Å².